The number of rotatable bonds is 7. The van der Waals surface area contributed by atoms with Gasteiger partial charge in [0.05, 0.1) is 6.61 Å². The molecule has 1 aliphatic rings. The highest BCUT2D eigenvalue weighted by Gasteiger charge is 2.27. The molecule has 0 radical (unpaired) electrons. The third kappa shape index (κ3) is 4.24. The fraction of sp³-hybridized carbons (Fsp3) is 0.667. The molecule has 1 aromatic rings. The van der Waals surface area contributed by atoms with Crippen molar-refractivity contribution >= 4 is 17.4 Å². The zero-order chi connectivity index (χ0) is 13.8. The smallest absolute Gasteiger partial charge is 0.261 e. The standard InChI is InChI=1S/C12H16ClF2N3O/c1-7-10(13)17-12(8-2-3-8)18-11(7)16-4-5-19-6-9(14)15/h8-9H,2-6H2,1H3,(H,16,17,18). The summed E-state index contributed by atoms with van der Waals surface area (Å²) in [6.07, 6.45) is -0.246. The van der Waals surface area contributed by atoms with Crippen molar-refractivity contribution in [3.63, 3.8) is 0 Å². The fourth-order valence-corrected chi connectivity index (χ4v) is 1.79. The van der Waals surface area contributed by atoms with Gasteiger partial charge in [-0.2, -0.15) is 0 Å². The molecule has 1 aliphatic carbocycles. The van der Waals surface area contributed by atoms with E-state index in [-0.39, 0.29) is 6.61 Å². The van der Waals surface area contributed by atoms with E-state index in [0.717, 1.165) is 24.2 Å². The summed E-state index contributed by atoms with van der Waals surface area (Å²) in [5.41, 5.74) is 0.764. The quantitative estimate of drug-likeness (QED) is 0.620. The number of nitrogens with zero attached hydrogens (tertiary/aromatic N) is 2. The molecule has 106 valence electrons. The van der Waals surface area contributed by atoms with E-state index in [4.69, 9.17) is 16.3 Å². The zero-order valence-corrected chi connectivity index (χ0v) is 11.4. The van der Waals surface area contributed by atoms with Gasteiger partial charge in [0, 0.05) is 18.0 Å². The summed E-state index contributed by atoms with van der Waals surface area (Å²) in [5, 5.41) is 3.48. The molecular formula is C12H16ClF2N3O. The van der Waals surface area contributed by atoms with Crippen LogP contribution in [0.3, 0.4) is 0 Å². The number of aromatic nitrogens is 2. The summed E-state index contributed by atoms with van der Waals surface area (Å²) < 4.78 is 28.5. The number of hydrogen-bond donors (Lipinski definition) is 1. The molecule has 4 nitrogen and oxygen atoms in total. The molecule has 0 spiro atoms. The number of nitrogens with one attached hydrogen (secondary N) is 1. The molecule has 2 rings (SSSR count). The summed E-state index contributed by atoms with van der Waals surface area (Å²) in [4.78, 5) is 8.66. The van der Waals surface area contributed by atoms with Crippen molar-refractivity contribution in [3.05, 3.63) is 16.5 Å². The van der Waals surface area contributed by atoms with E-state index in [1.54, 1.807) is 0 Å². The Kier molecular flexibility index (Phi) is 4.87. The van der Waals surface area contributed by atoms with Gasteiger partial charge in [-0.05, 0) is 19.8 Å². The van der Waals surface area contributed by atoms with E-state index in [9.17, 15) is 8.78 Å². The Labute approximate surface area is 115 Å². The zero-order valence-electron chi connectivity index (χ0n) is 10.6. The molecular weight excluding hydrogens is 276 g/mol. The lowest BCUT2D eigenvalue weighted by atomic mass is 10.3. The maximum Gasteiger partial charge on any atom is 0.261 e. The number of anilines is 1. The Balaban J connectivity index is 1.88. The van der Waals surface area contributed by atoms with Gasteiger partial charge in [0.15, 0.2) is 0 Å². The largest absolute Gasteiger partial charge is 0.374 e. The van der Waals surface area contributed by atoms with Crippen molar-refractivity contribution in [2.24, 2.45) is 0 Å². The van der Waals surface area contributed by atoms with Crippen LogP contribution in [-0.2, 0) is 4.74 Å². The molecule has 1 saturated carbocycles. The van der Waals surface area contributed by atoms with Crippen LogP contribution >= 0.6 is 11.6 Å². The maximum absolute atomic E-state index is 11.9. The first-order valence-corrected chi connectivity index (χ1v) is 6.59. The Morgan fingerprint density at radius 2 is 2.16 bits per heavy atom. The predicted molar refractivity (Wildman–Crippen MR) is 69.1 cm³/mol. The SMILES string of the molecule is Cc1c(Cl)nc(C2CC2)nc1NCCOCC(F)F. The topological polar surface area (TPSA) is 47.0 Å². The molecule has 0 bridgehead atoms. The molecule has 0 aliphatic heterocycles. The summed E-state index contributed by atoms with van der Waals surface area (Å²) in [7, 11) is 0. The first-order chi connectivity index (χ1) is 9.08. The van der Waals surface area contributed by atoms with E-state index in [0.29, 0.717) is 23.4 Å². The van der Waals surface area contributed by atoms with Crippen molar-refractivity contribution in [2.75, 3.05) is 25.1 Å². The van der Waals surface area contributed by atoms with Gasteiger partial charge >= 0.3 is 0 Å². The molecule has 1 fully saturated rings. The van der Waals surface area contributed by atoms with Crippen LogP contribution < -0.4 is 5.32 Å². The van der Waals surface area contributed by atoms with Gasteiger partial charge in [-0.3, -0.25) is 0 Å². The summed E-state index contributed by atoms with van der Waals surface area (Å²) >= 11 is 6.05. The average Bonchev–Trinajstić information content (AvgIpc) is 3.17. The van der Waals surface area contributed by atoms with Gasteiger partial charge in [-0.1, -0.05) is 11.6 Å². The van der Waals surface area contributed by atoms with Crippen molar-refractivity contribution in [3.8, 4) is 0 Å². The van der Waals surface area contributed by atoms with E-state index in [2.05, 4.69) is 15.3 Å². The van der Waals surface area contributed by atoms with Gasteiger partial charge in [-0.25, -0.2) is 18.7 Å². The minimum atomic E-state index is -2.43. The summed E-state index contributed by atoms with van der Waals surface area (Å²) in [5.74, 6) is 1.82. The average molecular weight is 292 g/mol. The fourth-order valence-electron chi connectivity index (χ4n) is 1.62. The molecule has 1 heterocycles. The van der Waals surface area contributed by atoms with Crippen molar-refractivity contribution < 1.29 is 13.5 Å². The minimum absolute atomic E-state index is 0.199. The van der Waals surface area contributed by atoms with Crippen LogP contribution in [0.1, 0.15) is 30.1 Å². The third-order valence-electron chi connectivity index (χ3n) is 2.83. The van der Waals surface area contributed by atoms with Crippen molar-refractivity contribution in [1.29, 1.82) is 0 Å². The number of alkyl halides is 2. The summed E-state index contributed by atoms with van der Waals surface area (Å²) in [6.45, 7) is 1.88. The van der Waals surface area contributed by atoms with E-state index in [1.807, 2.05) is 6.92 Å². The maximum atomic E-state index is 11.9. The molecule has 1 N–H and O–H groups in total. The predicted octanol–water partition coefficient (Wildman–Crippen LogP) is 3.01. The Morgan fingerprint density at radius 3 is 2.79 bits per heavy atom. The van der Waals surface area contributed by atoms with Crippen LogP contribution in [0.2, 0.25) is 5.15 Å². The van der Waals surface area contributed by atoms with Crippen LogP contribution in [0.25, 0.3) is 0 Å². The van der Waals surface area contributed by atoms with Crippen LogP contribution in [0, 0.1) is 6.92 Å². The van der Waals surface area contributed by atoms with Gasteiger partial charge in [-0.15, -0.1) is 0 Å². The lowest BCUT2D eigenvalue weighted by Gasteiger charge is -2.11. The number of halogens is 3. The molecule has 0 saturated heterocycles. The molecule has 0 amide bonds. The Morgan fingerprint density at radius 1 is 1.42 bits per heavy atom. The van der Waals surface area contributed by atoms with Gasteiger partial charge in [0.25, 0.3) is 6.43 Å². The first kappa shape index (κ1) is 14.4. The second-order valence-electron chi connectivity index (χ2n) is 4.51. The first-order valence-electron chi connectivity index (χ1n) is 6.21. The molecule has 1 aromatic heterocycles. The van der Waals surface area contributed by atoms with Gasteiger partial charge < -0.3 is 10.1 Å². The lowest BCUT2D eigenvalue weighted by Crippen LogP contribution is -2.15. The van der Waals surface area contributed by atoms with Crippen molar-refractivity contribution in [1.82, 2.24) is 9.97 Å². The highest BCUT2D eigenvalue weighted by Crippen LogP contribution is 2.39. The second-order valence-corrected chi connectivity index (χ2v) is 4.87. The van der Waals surface area contributed by atoms with E-state index < -0.39 is 13.0 Å². The molecule has 0 aromatic carbocycles. The normalized spacial score (nSPS) is 15.0. The number of hydrogen-bond acceptors (Lipinski definition) is 4. The van der Waals surface area contributed by atoms with Crippen LogP contribution in [-0.4, -0.2) is 36.2 Å². The van der Waals surface area contributed by atoms with Crippen LogP contribution in [0.4, 0.5) is 14.6 Å². The van der Waals surface area contributed by atoms with Crippen LogP contribution in [0.5, 0.6) is 0 Å². The second kappa shape index (κ2) is 6.43. The molecule has 0 unspecified atom stereocenters. The number of ether oxygens (including phenoxy) is 1. The van der Waals surface area contributed by atoms with E-state index in [1.165, 1.54) is 0 Å². The minimum Gasteiger partial charge on any atom is -0.374 e. The Bertz CT molecular complexity index is 441. The molecule has 0 atom stereocenters. The highest BCUT2D eigenvalue weighted by molar-refractivity contribution is 6.30. The van der Waals surface area contributed by atoms with Gasteiger partial charge in [0.2, 0.25) is 0 Å². The Hall–Kier alpha value is -1.01. The van der Waals surface area contributed by atoms with E-state index >= 15 is 0 Å². The molecule has 7 heteroatoms. The third-order valence-corrected chi connectivity index (χ3v) is 3.20. The molecule has 19 heavy (non-hydrogen) atoms. The van der Waals surface area contributed by atoms with Crippen LogP contribution in [0.15, 0.2) is 0 Å². The lowest BCUT2D eigenvalue weighted by molar-refractivity contribution is 0.0214. The highest BCUT2D eigenvalue weighted by atomic mass is 35.5. The van der Waals surface area contributed by atoms with Gasteiger partial charge in [0.1, 0.15) is 23.4 Å². The summed E-state index contributed by atoms with van der Waals surface area (Å²) in [6, 6.07) is 0. The van der Waals surface area contributed by atoms with Crippen molar-refractivity contribution in [2.45, 2.75) is 32.1 Å². The monoisotopic (exact) mass is 291 g/mol.